The maximum absolute atomic E-state index is 5.85. The summed E-state index contributed by atoms with van der Waals surface area (Å²) < 4.78 is 0. The van der Waals surface area contributed by atoms with Gasteiger partial charge in [-0.1, -0.05) is 11.6 Å². The number of hydrogen-bond donors (Lipinski definition) is 1. The molecule has 0 saturated heterocycles. The van der Waals surface area contributed by atoms with Crippen LogP contribution < -0.4 is 5.32 Å². The van der Waals surface area contributed by atoms with Crippen LogP contribution in [0.5, 0.6) is 0 Å². The number of thioether (sulfide) groups is 1. The van der Waals surface area contributed by atoms with E-state index >= 15 is 0 Å². The van der Waals surface area contributed by atoms with E-state index in [1.54, 1.807) is 0 Å². The van der Waals surface area contributed by atoms with Gasteiger partial charge in [0, 0.05) is 28.1 Å². The predicted octanol–water partition coefficient (Wildman–Crippen LogP) is 3.82. The first-order chi connectivity index (χ1) is 8.26. The van der Waals surface area contributed by atoms with Gasteiger partial charge in [-0.15, -0.1) is 24.1 Å². The Morgan fingerprint density at radius 3 is 2.71 bits per heavy atom. The van der Waals surface area contributed by atoms with E-state index in [4.69, 9.17) is 18.0 Å². The van der Waals surface area contributed by atoms with Crippen molar-refractivity contribution >= 4 is 23.4 Å². The highest BCUT2D eigenvalue weighted by Crippen LogP contribution is 2.21. The van der Waals surface area contributed by atoms with E-state index in [0.29, 0.717) is 6.04 Å². The third-order valence-corrected chi connectivity index (χ3v) is 3.97. The minimum atomic E-state index is 0.518. The second-order valence-electron chi connectivity index (χ2n) is 3.85. The molecule has 0 fully saturated rings. The second-order valence-corrected chi connectivity index (χ2v) is 5.38. The fraction of sp³-hybridized carbons (Fsp3) is 0.429. The normalized spacial score (nSPS) is 12.1. The van der Waals surface area contributed by atoms with Crippen LogP contribution in [-0.2, 0) is 0 Å². The van der Waals surface area contributed by atoms with E-state index in [1.165, 1.54) is 4.90 Å². The number of hydrogen-bond acceptors (Lipinski definition) is 2. The average molecular weight is 268 g/mol. The average Bonchev–Trinajstić information content (AvgIpc) is 2.35. The maximum atomic E-state index is 5.85. The first-order valence-electron chi connectivity index (χ1n) is 5.75. The van der Waals surface area contributed by atoms with Crippen molar-refractivity contribution in [1.82, 2.24) is 5.32 Å². The van der Waals surface area contributed by atoms with Crippen molar-refractivity contribution in [2.45, 2.75) is 30.2 Å². The molecule has 1 atom stereocenters. The Morgan fingerprint density at radius 2 is 2.12 bits per heavy atom. The summed E-state index contributed by atoms with van der Waals surface area (Å²) >= 11 is 7.69. The molecule has 0 heterocycles. The van der Waals surface area contributed by atoms with Gasteiger partial charge >= 0.3 is 0 Å². The van der Waals surface area contributed by atoms with Gasteiger partial charge in [-0.3, -0.25) is 0 Å². The lowest BCUT2D eigenvalue weighted by molar-refractivity contribution is 0.554. The molecule has 0 aliphatic rings. The van der Waals surface area contributed by atoms with Gasteiger partial charge in [0.25, 0.3) is 0 Å². The first-order valence-corrected chi connectivity index (χ1v) is 7.11. The fourth-order valence-corrected chi connectivity index (χ4v) is 2.67. The largest absolute Gasteiger partial charge is 0.316 e. The summed E-state index contributed by atoms with van der Waals surface area (Å²) in [4.78, 5) is 1.26. The molecule has 1 rings (SSSR count). The van der Waals surface area contributed by atoms with E-state index in [9.17, 15) is 0 Å². The van der Waals surface area contributed by atoms with E-state index < -0.39 is 0 Å². The van der Waals surface area contributed by atoms with Crippen LogP contribution in [0, 0.1) is 12.3 Å². The molecular weight excluding hydrogens is 250 g/mol. The highest BCUT2D eigenvalue weighted by atomic mass is 35.5. The van der Waals surface area contributed by atoms with Gasteiger partial charge in [0.2, 0.25) is 0 Å². The summed E-state index contributed by atoms with van der Waals surface area (Å²) in [7, 11) is 2.00. The van der Waals surface area contributed by atoms with Crippen LogP contribution in [0.25, 0.3) is 0 Å². The highest BCUT2D eigenvalue weighted by Gasteiger charge is 2.06. The van der Waals surface area contributed by atoms with Gasteiger partial charge in [0.15, 0.2) is 0 Å². The molecule has 0 saturated carbocycles. The van der Waals surface area contributed by atoms with Gasteiger partial charge in [-0.25, -0.2) is 0 Å². The van der Waals surface area contributed by atoms with Gasteiger partial charge in [0.1, 0.15) is 0 Å². The molecule has 1 aromatic carbocycles. The summed E-state index contributed by atoms with van der Waals surface area (Å²) in [6, 6.07) is 8.49. The second kappa shape index (κ2) is 8.47. The van der Waals surface area contributed by atoms with Crippen molar-refractivity contribution in [2.24, 2.45) is 0 Å². The highest BCUT2D eigenvalue weighted by molar-refractivity contribution is 7.99. The maximum Gasteiger partial charge on any atom is 0.0406 e. The zero-order chi connectivity index (χ0) is 12.5. The SMILES string of the molecule is C#CCCCC(CSc1ccc(Cl)cc1)NC. The minimum Gasteiger partial charge on any atom is -0.316 e. The molecule has 3 heteroatoms. The summed E-state index contributed by atoms with van der Waals surface area (Å²) in [6.07, 6.45) is 8.32. The molecule has 0 radical (unpaired) electrons. The van der Waals surface area contributed by atoms with E-state index in [-0.39, 0.29) is 0 Å². The number of benzene rings is 1. The van der Waals surface area contributed by atoms with Crippen LogP contribution in [0.15, 0.2) is 29.2 Å². The standard InChI is InChI=1S/C14H18ClNS/c1-3-4-5-6-13(16-2)11-17-14-9-7-12(15)8-10-14/h1,7-10,13,16H,4-6,11H2,2H3. The third-order valence-electron chi connectivity index (χ3n) is 2.55. The third kappa shape index (κ3) is 6.02. The predicted molar refractivity (Wildman–Crippen MR) is 77.7 cm³/mol. The van der Waals surface area contributed by atoms with E-state index in [1.807, 2.05) is 30.9 Å². The smallest absolute Gasteiger partial charge is 0.0406 e. The molecule has 0 aromatic heterocycles. The lowest BCUT2D eigenvalue weighted by atomic mass is 10.1. The number of terminal acetylenes is 1. The summed E-state index contributed by atoms with van der Waals surface area (Å²) in [5.41, 5.74) is 0. The van der Waals surface area contributed by atoms with Crippen molar-refractivity contribution in [3.8, 4) is 12.3 Å². The zero-order valence-electron chi connectivity index (χ0n) is 10.1. The number of unbranched alkanes of at least 4 members (excludes halogenated alkanes) is 1. The monoisotopic (exact) mass is 267 g/mol. The Kier molecular flexibility index (Phi) is 7.19. The van der Waals surface area contributed by atoms with Crippen molar-refractivity contribution in [3.63, 3.8) is 0 Å². The number of rotatable bonds is 7. The van der Waals surface area contributed by atoms with Crippen LogP contribution >= 0.6 is 23.4 Å². The molecule has 1 N–H and O–H groups in total. The van der Waals surface area contributed by atoms with Gasteiger partial charge in [0.05, 0.1) is 0 Å². The summed E-state index contributed by atoms with van der Waals surface area (Å²) in [6.45, 7) is 0. The lowest BCUT2D eigenvalue weighted by Gasteiger charge is -2.14. The van der Waals surface area contributed by atoms with Crippen LogP contribution in [0.2, 0.25) is 5.02 Å². The van der Waals surface area contributed by atoms with Crippen LogP contribution in [0.1, 0.15) is 19.3 Å². The van der Waals surface area contributed by atoms with E-state index in [2.05, 4.69) is 23.4 Å². The molecule has 0 spiro atoms. The Bertz CT molecular complexity index is 355. The van der Waals surface area contributed by atoms with Gasteiger partial charge in [-0.2, -0.15) is 0 Å². The minimum absolute atomic E-state index is 0.518. The topological polar surface area (TPSA) is 12.0 Å². The Labute approximate surface area is 113 Å². The Balaban J connectivity index is 2.32. The molecular formula is C14H18ClNS. The molecule has 0 aliphatic carbocycles. The molecule has 0 bridgehead atoms. The molecule has 17 heavy (non-hydrogen) atoms. The van der Waals surface area contributed by atoms with Crippen molar-refractivity contribution in [3.05, 3.63) is 29.3 Å². The molecule has 1 nitrogen and oxygen atoms in total. The van der Waals surface area contributed by atoms with Gasteiger partial charge in [-0.05, 0) is 44.2 Å². The van der Waals surface area contributed by atoms with Crippen molar-refractivity contribution in [1.29, 1.82) is 0 Å². The quantitative estimate of drug-likeness (QED) is 0.458. The van der Waals surface area contributed by atoms with Crippen LogP contribution in [-0.4, -0.2) is 18.8 Å². The fourth-order valence-electron chi connectivity index (χ4n) is 1.49. The molecule has 0 amide bonds. The van der Waals surface area contributed by atoms with Crippen molar-refractivity contribution < 1.29 is 0 Å². The van der Waals surface area contributed by atoms with Crippen LogP contribution in [0.4, 0.5) is 0 Å². The van der Waals surface area contributed by atoms with Gasteiger partial charge < -0.3 is 5.32 Å². The van der Waals surface area contributed by atoms with Crippen molar-refractivity contribution in [2.75, 3.05) is 12.8 Å². The molecule has 92 valence electrons. The lowest BCUT2D eigenvalue weighted by Crippen LogP contribution is -2.27. The summed E-state index contributed by atoms with van der Waals surface area (Å²) in [5.74, 6) is 3.74. The van der Waals surface area contributed by atoms with Crippen LogP contribution in [0.3, 0.4) is 0 Å². The van der Waals surface area contributed by atoms with E-state index in [0.717, 1.165) is 30.0 Å². The Hall–Kier alpha value is -0.620. The molecule has 1 aromatic rings. The molecule has 0 aliphatic heterocycles. The molecule has 1 unspecified atom stereocenters. The first kappa shape index (κ1) is 14.4. The summed E-state index contributed by atoms with van der Waals surface area (Å²) in [5, 5.41) is 4.11. The zero-order valence-corrected chi connectivity index (χ0v) is 11.7. The Morgan fingerprint density at radius 1 is 1.41 bits per heavy atom. The number of nitrogens with one attached hydrogen (secondary N) is 1. The number of halogens is 1.